The van der Waals surface area contributed by atoms with Gasteiger partial charge in [0.1, 0.15) is 22.8 Å². The van der Waals surface area contributed by atoms with Crippen LogP contribution in [0.2, 0.25) is 0 Å². The second-order valence-electron chi connectivity index (χ2n) is 7.70. The van der Waals surface area contributed by atoms with Crippen molar-refractivity contribution < 1.29 is 17.9 Å². The summed E-state index contributed by atoms with van der Waals surface area (Å²) in [7, 11) is 1.46. The van der Waals surface area contributed by atoms with Crippen LogP contribution in [-0.4, -0.2) is 56.7 Å². The van der Waals surface area contributed by atoms with Gasteiger partial charge >= 0.3 is 0 Å². The quantitative estimate of drug-likeness (QED) is 0.615. The minimum atomic E-state index is -2.70. The molecule has 1 saturated carbocycles. The number of aromatic nitrogens is 5. The molecular formula is C21H26F3N7O. The molecule has 3 aromatic heterocycles. The smallest absolute Gasteiger partial charge is 0.249 e. The molecule has 5 rings (SSSR count). The second kappa shape index (κ2) is 8.89. The van der Waals surface area contributed by atoms with Crippen LogP contribution in [0, 0.1) is 5.82 Å². The molecule has 1 unspecified atom stereocenters. The van der Waals surface area contributed by atoms with Gasteiger partial charge in [0.15, 0.2) is 11.5 Å². The summed E-state index contributed by atoms with van der Waals surface area (Å²) in [5, 5.41) is 10.9. The average molecular weight is 449 g/mol. The van der Waals surface area contributed by atoms with Crippen LogP contribution in [0.25, 0.3) is 17.0 Å². The summed E-state index contributed by atoms with van der Waals surface area (Å²) in [4.78, 5) is 12.6. The first-order valence-electron chi connectivity index (χ1n) is 10.7. The zero-order chi connectivity index (χ0) is 22.9. The summed E-state index contributed by atoms with van der Waals surface area (Å²) in [6.07, 6.45) is 2.88. The summed E-state index contributed by atoms with van der Waals surface area (Å²) in [5.74, 6) is -3.06. The molecule has 1 aliphatic heterocycles. The molecule has 8 nitrogen and oxygen atoms in total. The molecule has 0 spiro atoms. The van der Waals surface area contributed by atoms with Crippen molar-refractivity contribution in [3.8, 4) is 17.1 Å². The number of anilines is 1. The number of nitrogens with zero attached hydrogens (tertiary/aromatic N) is 5. The molecule has 4 heterocycles. The Hall–Kier alpha value is -2.95. The lowest BCUT2D eigenvalue weighted by Crippen LogP contribution is -2.34. The van der Waals surface area contributed by atoms with E-state index in [1.54, 1.807) is 6.07 Å². The first kappa shape index (κ1) is 22.3. The maximum absolute atomic E-state index is 14.6. The molecule has 2 N–H and O–H groups in total. The van der Waals surface area contributed by atoms with Crippen LogP contribution in [0.1, 0.15) is 44.7 Å². The van der Waals surface area contributed by atoms with Crippen molar-refractivity contribution in [2.24, 2.45) is 0 Å². The van der Waals surface area contributed by atoms with Gasteiger partial charge in [-0.2, -0.15) is 5.10 Å². The van der Waals surface area contributed by atoms with Gasteiger partial charge < -0.3 is 15.4 Å². The molecule has 1 atom stereocenters. The van der Waals surface area contributed by atoms with Crippen molar-refractivity contribution in [1.82, 2.24) is 29.9 Å². The molecule has 11 heteroatoms. The van der Waals surface area contributed by atoms with Gasteiger partial charge in [-0.3, -0.25) is 0 Å². The Morgan fingerprint density at radius 1 is 1.22 bits per heavy atom. The third-order valence-corrected chi connectivity index (χ3v) is 5.56. The van der Waals surface area contributed by atoms with E-state index in [-0.39, 0.29) is 24.6 Å². The van der Waals surface area contributed by atoms with Crippen molar-refractivity contribution in [1.29, 1.82) is 0 Å². The van der Waals surface area contributed by atoms with E-state index >= 15 is 0 Å². The van der Waals surface area contributed by atoms with Crippen molar-refractivity contribution in [2.45, 2.75) is 51.0 Å². The Morgan fingerprint density at radius 2 is 2.00 bits per heavy atom. The minimum absolute atomic E-state index is 0.0357. The molecule has 1 aliphatic carbocycles. The number of nitrogens with one attached hydrogen (secondary N) is 2. The molecule has 2 aliphatic rings. The number of imidazole rings is 1. The lowest BCUT2D eigenvalue weighted by Gasteiger charge is -2.34. The molecule has 172 valence electrons. The summed E-state index contributed by atoms with van der Waals surface area (Å²) in [6.45, 7) is 5.68. The maximum atomic E-state index is 14.6. The topological polar surface area (TPSA) is 89.3 Å². The Bertz CT molecular complexity index is 1090. The minimum Gasteiger partial charge on any atom is -0.495 e. The summed E-state index contributed by atoms with van der Waals surface area (Å²) < 4.78 is 48.2. The van der Waals surface area contributed by atoms with Crippen LogP contribution < -0.4 is 15.4 Å². The second-order valence-corrected chi connectivity index (χ2v) is 7.70. The zero-order valence-corrected chi connectivity index (χ0v) is 18.2. The summed E-state index contributed by atoms with van der Waals surface area (Å²) >= 11 is 0. The van der Waals surface area contributed by atoms with E-state index in [0.29, 0.717) is 28.7 Å². The van der Waals surface area contributed by atoms with Crippen LogP contribution in [0.3, 0.4) is 0 Å². The molecule has 3 aromatic rings. The third kappa shape index (κ3) is 4.21. The van der Waals surface area contributed by atoms with Crippen molar-refractivity contribution >= 4 is 11.6 Å². The van der Waals surface area contributed by atoms with Gasteiger partial charge in [-0.15, -0.1) is 0 Å². The SMILES string of the molecule is CC.COc1cc2ncc(-c3nc(NC4CCNC4)ncc3F)n2nc1C1CC(F)(F)C1. The first-order chi connectivity index (χ1) is 15.4. The molecule has 0 amide bonds. The number of hydrogen-bond donors (Lipinski definition) is 2. The fourth-order valence-electron chi connectivity index (χ4n) is 3.95. The lowest BCUT2D eigenvalue weighted by molar-refractivity contribution is -0.0881. The van der Waals surface area contributed by atoms with Gasteiger partial charge in [0, 0.05) is 37.4 Å². The number of hydrogen-bond acceptors (Lipinski definition) is 7. The molecule has 0 radical (unpaired) electrons. The Labute approximate surface area is 183 Å². The van der Waals surface area contributed by atoms with E-state index in [2.05, 4.69) is 30.7 Å². The van der Waals surface area contributed by atoms with E-state index in [1.807, 2.05) is 13.8 Å². The number of methoxy groups -OCH3 is 1. The van der Waals surface area contributed by atoms with Crippen molar-refractivity contribution in [3.63, 3.8) is 0 Å². The van der Waals surface area contributed by atoms with Gasteiger partial charge in [-0.25, -0.2) is 32.6 Å². The highest BCUT2D eigenvalue weighted by Gasteiger charge is 2.47. The normalized spacial score (nSPS) is 19.9. The van der Waals surface area contributed by atoms with Crippen molar-refractivity contribution in [2.75, 3.05) is 25.5 Å². The van der Waals surface area contributed by atoms with Crippen LogP contribution in [-0.2, 0) is 0 Å². The largest absolute Gasteiger partial charge is 0.495 e. The molecular weight excluding hydrogens is 423 g/mol. The standard InChI is InChI=1S/C19H20F3N7O.C2H6/c1-30-14-4-15-24-9-13(29(15)28-16(14)10-5-19(21,22)6-10)17-12(20)8-25-18(27-17)26-11-2-3-23-7-11;1-2/h4,8-11,23H,2-3,5-7H2,1H3,(H,25,26,27);1-2H3. The Morgan fingerprint density at radius 3 is 2.66 bits per heavy atom. The average Bonchev–Trinajstić information content (AvgIpc) is 3.43. The van der Waals surface area contributed by atoms with Crippen LogP contribution in [0.4, 0.5) is 19.1 Å². The number of ether oxygens (including phenoxy) is 1. The number of halogens is 3. The van der Waals surface area contributed by atoms with Gasteiger partial charge in [-0.05, 0) is 13.0 Å². The van der Waals surface area contributed by atoms with Crippen LogP contribution >= 0.6 is 0 Å². The highest BCUT2D eigenvalue weighted by molar-refractivity contribution is 5.62. The predicted molar refractivity (Wildman–Crippen MR) is 114 cm³/mol. The monoisotopic (exact) mass is 449 g/mol. The molecule has 2 fully saturated rings. The molecule has 32 heavy (non-hydrogen) atoms. The van der Waals surface area contributed by atoms with Gasteiger partial charge in [0.25, 0.3) is 0 Å². The third-order valence-electron chi connectivity index (χ3n) is 5.56. The van der Waals surface area contributed by atoms with E-state index in [0.717, 1.165) is 25.7 Å². The number of alkyl halides is 2. The predicted octanol–water partition coefficient (Wildman–Crippen LogP) is 3.65. The van der Waals surface area contributed by atoms with E-state index in [1.165, 1.54) is 17.8 Å². The zero-order valence-electron chi connectivity index (χ0n) is 18.2. The van der Waals surface area contributed by atoms with Crippen LogP contribution in [0.5, 0.6) is 5.75 Å². The Balaban J connectivity index is 0.00000119. The number of fused-ring (bicyclic) bond motifs is 1. The van der Waals surface area contributed by atoms with Crippen LogP contribution in [0.15, 0.2) is 18.5 Å². The van der Waals surface area contributed by atoms with E-state index < -0.39 is 17.7 Å². The van der Waals surface area contributed by atoms with E-state index in [9.17, 15) is 13.2 Å². The van der Waals surface area contributed by atoms with Crippen molar-refractivity contribution in [3.05, 3.63) is 30.0 Å². The van der Waals surface area contributed by atoms with Gasteiger partial charge in [-0.1, -0.05) is 13.8 Å². The summed E-state index contributed by atoms with van der Waals surface area (Å²) in [6, 6.07) is 1.78. The fourth-order valence-corrected chi connectivity index (χ4v) is 3.95. The Kier molecular flexibility index (Phi) is 6.18. The molecule has 0 bridgehead atoms. The summed E-state index contributed by atoms with van der Waals surface area (Å²) in [5.41, 5.74) is 1.16. The van der Waals surface area contributed by atoms with Gasteiger partial charge in [0.2, 0.25) is 11.9 Å². The maximum Gasteiger partial charge on any atom is 0.249 e. The fraction of sp³-hybridized carbons (Fsp3) is 0.524. The molecule has 0 aromatic carbocycles. The lowest BCUT2D eigenvalue weighted by atomic mass is 9.79. The first-order valence-corrected chi connectivity index (χ1v) is 10.7. The number of rotatable bonds is 5. The molecule has 1 saturated heterocycles. The highest BCUT2D eigenvalue weighted by atomic mass is 19.3. The van der Waals surface area contributed by atoms with E-state index in [4.69, 9.17) is 4.74 Å². The van der Waals surface area contributed by atoms with Gasteiger partial charge in [0.05, 0.1) is 19.5 Å². The highest BCUT2D eigenvalue weighted by Crippen LogP contribution is 2.49.